The van der Waals surface area contributed by atoms with Crippen molar-refractivity contribution in [3.63, 3.8) is 0 Å². The molecule has 1 amide bonds. The van der Waals surface area contributed by atoms with E-state index < -0.39 is 0 Å². The second kappa shape index (κ2) is 11.3. The summed E-state index contributed by atoms with van der Waals surface area (Å²) >= 11 is 1.55. The fraction of sp³-hybridized carbons (Fsp3) is 0.524. The van der Waals surface area contributed by atoms with Gasteiger partial charge in [-0.15, -0.1) is 11.3 Å². The van der Waals surface area contributed by atoms with E-state index in [1.54, 1.807) is 18.4 Å². The number of carbonyl (C=O) groups is 1. The number of hydrogen-bond acceptors (Lipinski definition) is 7. The third kappa shape index (κ3) is 7.08. The highest BCUT2D eigenvalue weighted by molar-refractivity contribution is 7.09. The maximum Gasteiger partial charge on any atom is 0.248 e. The fourth-order valence-corrected chi connectivity index (χ4v) is 3.82. The summed E-state index contributed by atoms with van der Waals surface area (Å²) in [5.41, 5.74) is 2.04. The Morgan fingerprint density at radius 2 is 2.17 bits per heavy atom. The van der Waals surface area contributed by atoms with Gasteiger partial charge in [0.1, 0.15) is 24.0 Å². The number of rotatable bonds is 10. The molecule has 8 heteroatoms. The van der Waals surface area contributed by atoms with E-state index in [-0.39, 0.29) is 12.5 Å². The maximum absolute atomic E-state index is 12.5. The lowest BCUT2D eigenvalue weighted by atomic mass is 10.2. The second-order valence-corrected chi connectivity index (χ2v) is 7.98. The minimum Gasteiger partial charge on any atom is -0.486 e. The number of carbonyl (C=O) groups excluding carboxylic acids is 1. The van der Waals surface area contributed by atoms with Crippen LogP contribution in [-0.2, 0) is 27.4 Å². The number of nitrogens with zero attached hydrogens (tertiary/aromatic N) is 3. The van der Waals surface area contributed by atoms with Crippen LogP contribution >= 0.6 is 11.3 Å². The minimum atomic E-state index is -0.0219. The lowest BCUT2D eigenvalue weighted by molar-refractivity contribution is -0.136. The number of benzene rings is 1. The molecule has 29 heavy (non-hydrogen) atoms. The summed E-state index contributed by atoms with van der Waals surface area (Å²) in [6.07, 6.45) is 0. The van der Waals surface area contributed by atoms with Crippen molar-refractivity contribution in [2.45, 2.75) is 20.1 Å². The smallest absolute Gasteiger partial charge is 0.248 e. The molecule has 1 aliphatic rings. The molecule has 1 aromatic heterocycles. The number of thiazole rings is 1. The van der Waals surface area contributed by atoms with Crippen LogP contribution in [0.1, 0.15) is 16.3 Å². The van der Waals surface area contributed by atoms with Crippen molar-refractivity contribution in [1.29, 1.82) is 0 Å². The van der Waals surface area contributed by atoms with Crippen molar-refractivity contribution in [3.8, 4) is 5.75 Å². The molecule has 0 radical (unpaired) electrons. The molecular weight excluding hydrogens is 390 g/mol. The van der Waals surface area contributed by atoms with Gasteiger partial charge in [0.15, 0.2) is 0 Å². The van der Waals surface area contributed by atoms with Gasteiger partial charge < -0.3 is 19.1 Å². The third-order valence-electron chi connectivity index (χ3n) is 4.71. The summed E-state index contributed by atoms with van der Waals surface area (Å²) in [5, 5.41) is 2.89. The van der Waals surface area contributed by atoms with E-state index in [9.17, 15) is 4.79 Å². The molecule has 1 aliphatic heterocycles. The summed E-state index contributed by atoms with van der Waals surface area (Å²) < 4.78 is 16.3. The van der Waals surface area contributed by atoms with Crippen LogP contribution in [0.4, 0.5) is 0 Å². The maximum atomic E-state index is 12.5. The third-order valence-corrected chi connectivity index (χ3v) is 5.59. The quantitative estimate of drug-likeness (QED) is 0.589. The van der Waals surface area contributed by atoms with Crippen LogP contribution in [0, 0.1) is 6.92 Å². The van der Waals surface area contributed by atoms with E-state index >= 15 is 0 Å². The zero-order valence-electron chi connectivity index (χ0n) is 17.1. The first-order valence-corrected chi connectivity index (χ1v) is 10.7. The van der Waals surface area contributed by atoms with Gasteiger partial charge in [-0.2, -0.15) is 0 Å². The predicted octanol–water partition coefficient (Wildman–Crippen LogP) is 2.34. The number of methoxy groups -OCH3 is 1. The summed E-state index contributed by atoms with van der Waals surface area (Å²) in [7, 11) is 1.54. The summed E-state index contributed by atoms with van der Waals surface area (Å²) in [5.74, 6) is 0.815. The highest BCUT2D eigenvalue weighted by atomic mass is 32.1. The lowest BCUT2D eigenvalue weighted by Crippen LogP contribution is -2.43. The molecule has 2 heterocycles. The standard InChI is InChI=1S/C21H29N3O4S/c1-17-4-3-5-19(12-17)28-14-20-22-18(16-29-20)13-24(21(25)15-26-2)7-6-23-8-10-27-11-9-23/h3-5,12,16H,6-11,13-15H2,1-2H3. The van der Waals surface area contributed by atoms with Crippen LogP contribution in [0.15, 0.2) is 29.6 Å². The van der Waals surface area contributed by atoms with Crippen molar-refractivity contribution < 1.29 is 19.0 Å². The molecule has 0 saturated carbocycles. The van der Waals surface area contributed by atoms with Crippen LogP contribution in [0.5, 0.6) is 5.75 Å². The molecule has 2 aromatic rings. The van der Waals surface area contributed by atoms with Crippen molar-refractivity contribution in [3.05, 3.63) is 45.9 Å². The zero-order valence-corrected chi connectivity index (χ0v) is 18.0. The van der Waals surface area contributed by atoms with Crippen molar-refractivity contribution in [1.82, 2.24) is 14.8 Å². The van der Waals surface area contributed by atoms with Gasteiger partial charge in [0.2, 0.25) is 5.91 Å². The highest BCUT2D eigenvalue weighted by Gasteiger charge is 2.18. The molecule has 0 unspecified atom stereocenters. The van der Waals surface area contributed by atoms with Crippen molar-refractivity contribution in [2.75, 3.05) is 53.1 Å². The summed E-state index contributed by atoms with van der Waals surface area (Å²) in [4.78, 5) is 21.3. The Balaban J connectivity index is 1.54. The van der Waals surface area contributed by atoms with Crippen LogP contribution < -0.4 is 4.74 Å². The fourth-order valence-electron chi connectivity index (χ4n) is 3.13. The van der Waals surface area contributed by atoms with E-state index in [0.29, 0.717) is 19.7 Å². The lowest BCUT2D eigenvalue weighted by Gasteiger charge is -2.29. The van der Waals surface area contributed by atoms with E-state index in [0.717, 1.165) is 54.9 Å². The highest BCUT2D eigenvalue weighted by Crippen LogP contribution is 2.17. The zero-order chi connectivity index (χ0) is 20.5. The number of morpholine rings is 1. The van der Waals surface area contributed by atoms with Crippen LogP contribution in [-0.4, -0.2) is 73.8 Å². The van der Waals surface area contributed by atoms with Crippen LogP contribution in [0.3, 0.4) is 0 Å². The van der Waals surface area contributed by atoms with Crippen molar-refractivity contribution >= 4 is 17.2 Å². The Kier molecular flexibility index (Phi) is 8.42. The van der Waals surface area contributed by atoms with Crippen molar-refractivity contribution in [2.24, 2.45) is 0 Å². The van der Waals surface area contributed by atoms with Crippen LogP contribution in [0.2, 0.25) is 0 Å². The summed E-state index contributed by atoms with van der Waals surface area (Å²) in [6.45, 7) is 7.81. The molecule has 0 N–H and O–H groups in total. The molecule has 0 aliphatic carbocycles. The molecule has 3 rings (SSSR count). The second-order valence-electron chi connectivity index (χ2n) is 7.04. The molecule has 158 valence electrons. The van der Waals surface area contributed by atoms with Crippen LogP contribution in [0.25, 0.3) is 0 Å². The Labute approximate surface area is 176 Å². The molecule has 0 atom stereocenters. The topological polar surface area (TPSA) is 64.1 Å². The number of amides is 1. The molecule has 0 spiro atoms. The van der Waals surface area contributed by atoms with E-state index in [1.165, 1.54) is 0 Å². The molecule has 1 aromatic carbocycles. The molecule has 0 bridgehead atoms. The first kappa shape index (κ1) is 21.7. The van der Waals surface area contributed by atoms with E-state index in [2.05, 4.69) is 9.88 Å². The monoisotopic (exact) mass is 419 g/mol. The Hall–Kier alpha value is -2.00. The van der Waals surface area contributed by atoms with Gasteiger partial charge in [-0.3, -0.25) is 9.69 Å². The Morgan fingerprint density at radius 1 is 1.34 bits per heavy atom. The average molecular weight is 420 g/mol. The first-order chi connectivity index (χ1) is 14.1. The number of aryl methyl sites for hydroxylation is 1. The van der Waals surface area contributed by atoms with Gasteiger partial charge in [0.05, 0.1) is 25.5 Å². The molecule has 1 fully saturated rings. The van der Waals surface area contributed by atoms with Gasteiger partial charge in [-0.1, -0.05) is 12.1 Å². The van der Waals surface area contributed by atoms with E-state index in [4.69, 9.17) is 14.2 Å². The van der Waals surface area contributed by atoms with Gasteiger partial charge in [-0.05, 0) is 24.6 Å². The van der Waals surface area contributed by atoms with Gasteiger partial charge >= 0.3 is 0 Å². The van der Waals surface area contributed by atoms with E-state index in [1.807, 2.05) is 41.5 Å². The normalized spacial score (nSPS) is 14.7. The number of hydrogen-bond donors (Lipinski definition) is 0. The molecule has 7 nitrogen and oxygen atoms in total. The Morgan fingerprint density at radius 3 is 2.93 bits per heavy atom. The van der Waals surface area contributed by atoms with Gasteiger partial charge in [0.25, 0.3) is 0 Å². The largest absolute Gasteiger partial charge is 0.486 e. The Bertz CT molecular complexity index is 777. The molecular formula is C21H29N3O4S. The first-order valence-electron chi connectivity index (χ1n) is 9.83. The van der Waals surface area contributed by atoms with Gasteiger partial charge in [0, 0.05) is 38.7 Å². The average Bonchev–Trinajstić information content (AvgIpc) is 3.18. The number of aromatic nitrogens is 1. The SMILES string of the molecule is COCC(=O)N(CCN1CCOCC1)Cc1csc(COc2cccc(C)c2)n1. The predicted molar refractivity (Wildman–Crippen MR) is 112 cm³/mol. The number of ether oxygens (including phenoxy) is 3. The molecule has 1 saturated heterocycles. The summed E-state index contributed by atoms with van der Waals surface area (Å²) in [6, 6.07) is 7.96. The minimum absolute atomic E-state index is 0.0219. The van der Waals surface area contributed by atoms with Gasteiger partial charge in [-0.25, -0.2) is 4.98 Å².